The molecule has 1 amide bonds. The molecule has 0 aliphatic carbocycles. The van der Waals surface area contributed by atoms with E-state index in [0.29, 0.717) is 18.0 Å². The van der Waals surface area contributed by atoms with Crippen molar-refractivity contribution in [1.29, 1.82) is 0 Å². The maximum Gasteiger partial charge on any atom is 0.246 e. The lowest BCUT2D eigenvalue weighted by Gasteiger charge is -2.19. The van der Waals surface area contributed by atoms with Gasteiger partial charge in [-0.1, -0.05) is 23.4 Å². The molecule has 1 aromatic heterocycles. The quantitative estimate of drug-likeness (QED) is 0.529. The van der Waals surface area contributed by atoms with Gasteiger partial charge in [0.15, 0.2) is 5.76 Å². The summed E-state index contributed by atoms with van der Waals surface area (Å²) in [6, 6.07) is 17.8. The van der Waals surface area contributed by atoms with Crippen molar-refractivity contribution in [2.75, 3.05) is 31.6 Å². The third-order valence-corrected chi connectivity index (χ3v) is 4.36. The smallest absolute Gasteiger partial charge is 0.246 e. The molecule has 1 heterocycles. The molecule has 0 aliphatic heterocycles. The first-order valence-electron chi connectivity index (χ1n) is 9.44. The lowest BCUT2D eigenvalue weighted by atomic mass is 10.1. The van der Waals surface area contributed by atoms with Crippen LogP contribution >= 0.6 is 0 Å². The van der Waals surface area contributed by atoms with Crippen molar-refractivity contribution >= 4 is 11.6 Å². The van der Waals surface area contributed by atoms with Crippen LogP contribution < -0.4 is 10.2 Å². The molecular weight excluding hydrogens is 373 g/mol. The molecule has 0 bridgehead atoms. The highest BCUT2D eigenvalue weighted by Gasteiger charge is 2.08. The second-order valence-electron chi connectivity index (χ2n) is 6.64. The molecule has 1 N–H and O–H groups in total. The molecule has 2 aromatic carbocycles. The molecule has 7 heteroatoms. The van der Waals surface area contributed by atoms with Crippen LogP contribution in [0.1, 0.15) is 12.1 Å². The summed E-state index contributed by atoms with van der Waals surface area (Å²) in [7, 11) is 2.03. The summed E-state index contributed by atoms with van der Waals surface area (Å²) in [5.41, 5.74) is 2.44. The monoisotopic (exact) mass is 397 g/mol. The molecule has 152 valence electrons. The van der Waals surface area contributed by atoms with Crippen LogP contribution in [0.5, 0.6) is 0 Å². The average Bonchev–Trinajstić information content (AvgIpc) is 3.21. The van der Waals surface area contributed by atoms with Crippen LogP contribution in [0.15, 0.2) is 65.2 Å². The maximum atomic E-state index is 13.0. The second kappa shape index (κ2) is 10.4. The molecule has 0 fully saturated rings. The fourth-order valence-corrected chi connectivity index (χ4v) is 2.78. The van der Waals surface area contributed by atoms with Gasteiger partial charge in [-0.25, -0.2) is 4.39 Å². The number of para-hydroxylation sites is 1. The number of rotatable bonds is 10. The predicted octanol–water partition coefficient (Wildman–Crippen LogP) is 3.64. The zero-order valence-corrected chi connectivity index (χ0v) is 16.3. The van der Waals surface area contributed by atoms with Crippen LogP contribution in [0.2, 0.25) is 0 Å². The standard InChI is InChI=1S/C22H24FN3O3/c1-26(20-6-3-2-4-7-20)13-5-12-24-22(27)16-28-15-19-14-21(29-25-19)17-8-10-18(23)11-9-17/h2-4,6-11,14H,5,12-13,15-16H2,1H3,(H,24,27). The summed E-state index contributed by atoms with van der Waals surface area (Å²) in [6.07, 6.45) is 0.835. The minimum atomic E-state index is -0.311. The van der Waals surface area contributed by atoms with E-state index in [9.17, 15) is 9.18 Å². The molecule has 0 spiro atoms. The predicted molar refractivity (Wildman–Crippen MR) is 109 cm³/mol. The Labute approximate surface area is 169 Å². The van der Waals surface area contributed by atoms with Gasteiger partial charge in [0.2, 0.25) is 5.91 Å². The third kappa shape index (κ3) is 6.43. The molecule has 0 saturated heterocycles. The summed E-state index contributed by atoms with van der Waals surface area (Å²) in [5, 5.41) is 6.75. The molecule has 0 aliphatic rings. The molecule has 29 heavy (non-hydrogen) atoms. The molecule has 0 saturated carbocycles. The minimum Gasteiger partial charge on any atom is -0.375 e. The number of anilines is 1. The number of amides is 1. The van der Waals surface area contributed by atoms with Crippen molar-refractivity contribution in [2.45, 2.75) is 13.0 Å². The van der Waals surface area contributed by atoms with E-state index in [0.717, 1.165) is 24.2 Å². The maximum absolute atomic E-state index is 13.0. The Morgan fingerprint density at radius 2 is 1.93 bits per heavy atom. The van der Waals surface area contributed by atoms with Gasteiger partial charge in [-0.05, 0) is 42.8 Å². The van der Waals surface area contributed by atoms with Crippen molar-refractivity contribution in [1.82, 2.24) is 10.5 Å². The van der Waals surface area contributed by atoms with E-state index in [1.807, 2.05) is 25.2 Å². The van der Waals surface area contributed by atoms with E-state index in [1.165, 1.54) is 12.1 Å². The Bertz CT molecular complexity index is 897. The minimum absolute atomic E-state index is 0.0483. The largest absolute Gasteiger partial charge is 0.375 e. The normalized spacial score (nSPS) is 10.7. The van der Waals surface area contributed by atoms with E-state index < -0.39 is 0 Å². The van der Waals surface area contributed by atoms with Gasteiger partial charge in [-0.15, -0.1) is 0 Å². The third-order valence-electron chi connectivity index (χ3n) is 4.36. The van der Waals surface area contributed by atoms with Gasteiger partial charge in [0.25, 0.3) is 0 Å². The summed E-state index contributed by atoms with van der Waals surface area (Å²) in [5.74, 6) is 0.0414. The van der Waals surface area contributed by atoms with Crippen LogP contribution in [0.3, 0.4) is 0 Å². The lowest BCUT2D eigenvalue weighted by molar-refractivity contribution is -0.126. The molecule has 0 radical (unpaired) electrons. The van der Waals surface area contributed by atoms with E-state index in [4.69, 9.17) is 9.26 Å². The summed E-state index contributed by atoms with van der Waals surface area (Å²) < 4.78 is 23.6. The fourth-order valence-electron chi connectivity index (χ4n) is 2.78. The average molecular weight is 397 g/mol. The zero-order valence-electron chi connectivity index (χ0n) is 16.3. The number of aromatic nitrogens is 1. The Morgan fingerprint density at radius 3 is 2.69 bits per heavy atom. The second-order valence-corrected chi connectivity index (χ2v) is 6.64. The number of nitrogens with one attached hydrogen (secondary N) is 1. The number of ether oxygens (including phenoxy) is 1. The first kappa shape index (κ1) is 20.5. The van der Waals surface area contributed by atoms with Crippen molar-refractivity contribution in [3.05, 3.63) is 72.2 Å². The highest BCUT2D eigenvalue weighted by Crippen LogP contribution is 2.20. The van der Waals surface area contributed by atoms with Gasteiger partial charge < -0.3 is 19.5 Å². The van der Waals surface area contributed by atoms with Gasteiger partial charge in [0.05, 0.1) is 6.61 Å². The van der Waals surface area contributed by atoms with Gasteiger partial charge in [0.1, 0.15) is 18.1 Å². The molecule has 0 unspecified atom stereocenters. The number of benzene rings is 2. The molecule has 0 atom stereocenters. The van der Waals surface area contributed by atoms with E-state index in [1.54, 1.807) is 18.2 Å². The summed E-state index contributed by atoms with van der Waals surface area (Å²) in [6.45, 7) is 1.54. The number of hydrogen-bond acceptors (Lipinski definition) is 5. The Hall–Kier alpha value is -3.19. The molecule has 3 rings (SSSR count). The van der Waals surface area contributed by atoms with Gasteiger partial charge >= 0.3 is 0 Å². The van der Waals surface area contributed by atoms with E-state index >= 15 is 0 Å². The first-order chi connectivity index (χ1) is 14.1. The van der Waals surface area contributed by atoms with Crippen molar-refractivity contribution in [3.8, 4) is 11.3 Å². The van der Waals surface area contributed by atoms with Crippen molar-refractivity contribution < 1.29 is 18.4 Å². The summed E-state index contributed by atoms with van der Waals surface area (Å²) >= 11 is 0. The van der Waals surface area contributed by atoms with Gasteiger partial charge in [-0.3, -0.25) is 4.79 Å². The fraction of sp³-hybridized carbons (Fsp3) is 0.273. The Balaban J connectivity index is 1.31. The topological polar surface area (TPSA) is 67.6 Å². The van der Waals surface area contributed by atoms with Gasteiger partial charge in [0, 0.05) is 37.5 Å². The highest BCUT2D eigenvalue weighted by atomic mass is 19.1. The van der Waals surface area contributed by atoms with Gasteiger partial charge in [-0.2, -0.15) is 0 Å². The van der Waals surface area contributed by atoms with Crippen LogP contribution in [0, 0.1) is 5.82 Å². The first-order valence-corrected chi connectivity index (χ1v) is 9.44. The Morgan fingerprint density at radius 1 is 1.17 bits per heavy atom. The number of nitrogens with zero attached hydrogens (tertiary/aromatic N) is 2. The van der Waals surface area contributed by atoms with Crippen LogP contribution in [0.4, 0.5) is 10.1 Å². The zero-order chi connectivity index (χ0) is 20.5. The lowest BCUT2D eigenvalue weighted by Crippen LogP contribution is -2.30. The molecule has 3 aromatic rings. The van der Waals surface area contributed by atoms with Crippen LogP contribution in [-0.2, 0) is 16.1 Å². The number of halogens is 1. The number of carbonyl (C=O) groups excluding carboxylic acids is 1. The Kier molecular flexibility index (Phi) is 7.35. The van der Waals surface area contributed by atoms with E-state index in [2.05, 4.69) is 27.5 Å². The van der Waals surface area contributed by atoms with Crippen LogP contribution in [-0.4, -0.2) is 37.8 Å². The summed E-state index contributed by atoms with van der Waals surface area (Å²) in [4.78, 5) is 14.0. The van der Waals surface area contributed by atoms with Crippen molar-refractivity contribution in [3.63, 3.8) is 0 Å². The van der Waals surface area contributed by atoms with E-state index in [-0.39, 0.29) is 24.9 Å². The number of hydrogen-bond donors (Lipinski definition) is 1. The molecular formula is C22H24FN3O3. The SMILES string of the molecule is CN(CCCNC(=O)COCc1cc(-c2ccc(F)cc2)on1)c1ccccc1. The molecule has 6 nitrogen and oxygen atoms in total. The van der Waals surface area contributed by atoms with Crippen molar-refractivity contribution in [2.24, 2.45) is 0 Å². The highest BCUT2D eigenvalue weighted by molar-refractivity contribution is 5.77. The van der Waals surface area contributed by atoms with Crippen LogP contribution in [0.25, 0.3) is 11.3 Å². The number of carbonyl (C=O) groups is 1.